The predicted octanol–water partition coefficient (Wildman–Crippen LogP) is 24.9. The second-order valence-electron chi connectivity index (χ2n) is 29.7. The zero-order valence-corrected chi connectivity index (χ0v) is 72.7. The molecule has 0 spiro atoms. The van der Waals surface area contributed by atoms with E-state index in [1.807, 2.05) is 121 Å². The van der Waals surface area contributed by atoms with Gasteiger partial charge in [-0.2, -0.15) is 82.7 Å². The van der Waals surface area contributed by atoms with Crippen LogP contribution in [0.5, 0.6) is 0 Å². The van der Waals surface area contributed by atoms with Crippen molar-refractivity contribution in [3.63, 3.8) is 0 Å². The minimum Gasteiger partial charge on any atom is -0.211 e. The Balaban J connectivity index is 0.000000184. The molecule has 0 aliphatic heterocycles. The van der Waals surface area contributed by atoms with Gasteiger partial charge in [-0.25, -0.2) is 57.5 Å². The maximum absolute atomic E-state index is 14.2. The van der Waals surface area contributed by atoms with Crippen molar-refractivity contribution in [2.24, 2.45) is 65.8 Å². The molecule has 29 heteroatoms. The first-order chi connectivity index (χ1) is 66.7. The minimum atomic E-state index is -4.51. The summed E-state index contributed by atoms with van der Waals surface area (Å²) in [5, 5.41) is 9.28. The topological polar surface area (TPSA) is 377 Å². The highest BCUT2D eigenvalue weighted by Crippen LogP contribution is 2.54. The van der Waals surface area contributed by atoms with Crippen molar-refractivity contribution >= 4 is 153 Å². The Hall–Kier alpha value is -18.8. The molecule has 0 saturated heterocycles. The van der Waals surface area contributed by atoms with Gasteiger partial charge in [0.15, 0.2) is 0 Å². The maximum atomic E-state index is 14.2. The van der Waals surface area contributed by atoms with Crippen molar-refractivity contribution in [1.82, 2.24) is 0 Å². The highest BCUT2D eigenvalue weighted by molar-refractivity contribution is 5.90. The minimum absolute atomic E-state index is 0.0175. The van der Waals surface area contributed by atoms with Gasteiger partial charge >= 0.3 is 11.8 Å². The Labute approximate surface area is 782 Å². The number of aliphatic imine (C=N–C) groups is 12. The quantitative estimate of drug-likeness (QED) is 0.00838. The average Bonchev–Trinajstić information content (AvgIpc) is 1.58. The van der Waals surface area contributed by atoms with E-state index in [1.54, 1.807) is 158 Å². The maximum Gasteiger partial charge on any atom is 0.339 e. The van der Waals surface area contributed by atoms with Gasteiger partial charge in [-0.3, -0.25) is 0 Å². The molecule has 0 radical (unpaired) electrons. The molecule has 12 aromatic rings. The number of nitriles is 1. The molecule has 0 N–H and O–H groups in total. The zero-order valence-electron chi connectivity index (χ0n) is 72.7. The van der Waals surface area contributed by atoms with Gasteiger partial charge in [0.25, 0.3) is 0 Å². The molecule has 0 amide bonds. The number of hydrogen-bond donors (Lipinski definition) is 0. The third kappa shape index (κ3) is 30.4. The molecule has 0 bridgehead atoms. The summed E-state index contributed by atoms with van der Waals surface area (Å²) in [4.78, 5) is 165. The molecule has 2 aliphatic carbocycles. The van der Waals surface area contributed by atoms with Crippen LogP contribution in [-0.2, 0) is 94.1 Å². The largest absolute Gasteiger partial charge is 0.339 e. The Morgan fingerprint density at radius 3 is 0.920 bits per heavy atom. The number of allylic oxidation sites excluding steroid dienone is 3. The van der Waals surface area contributed by atoms with E-state index in [4.69, 9.17) is 0 Å². The van der Waals surface area contributed by atoms with Crippen LogP contribution < -0.4 is 0 Å². The molecule has 672 valence electrons. The monoisotopic (exact) mass is 1820 g/mol. The fourth-order valence-electron chi connectivity index (χ4n) is 14.5. The third-order valence-corrected chi connectivity index (χ3v) is 21.1. The summed E-state index contributed by atoms with van der Waals surface area (Å²) in [5.41, 5.74) is 16.5. The van der Waals surface area contributed by atoms with E-state index in [0.29, 0.717) is 99.1 Å². The van der Waals surface area contributed by atoms with Gasteiger partial charge in [-0.05, 0) is 270 Å². The molecule has 12 aromatic carbocycles. The molecule has 137 heavy (non-hydrogen) atoms. The number of carbonyl (C=O) groups excluding carboxylic acids is 12. The van der Waals surface area contributed by atoms with Crippen LogP contribution in [0.3, 0.4) is 0 Å². The first-order valence-corrected chi connectivity index (χ1v) is 41.5. The normalized spacial score (nSPS) is 11.7. The smallest absolute Gasteiger partial charge is 0.211 e. The van der Waals surface area contributed by atoms with Gasteiger partial charge in [0.05, 0.1) is 79.9 Å². The van der Waals surface area contributed by atoms with Gasteiger partial charge < -0.3 is 0 Å². The Bertz CT molecular complexity index is 6730. The Kier molecular flexibility index (Phi) is 39.7. The summed E-state index contributed by atoms with van der Waals surface area (Å²) in [5.74, 6) is -2.16. The second-order valence-corrected chi connectivity index (χ2v) is 29.7. The standard InChI is InChI=1S/C21H20N2O2.C21H18N2O2.C17H9N3O2.C17H12N2O2.C16H8F4N2O2.C16H8N2O2/c24-14-22-19-10-6-17(7-11-19)21(16-4-2-1-3-5-16)18-8-12-20(13-9-18)23-15-25;1-3-5-18-12-17(13-19(6-4-2)21(18)23-15-25)11-16-7-9-20(10-8-16)22-14-24;18-10-15(14-3-7-17(8-4-14)20-12-22)9-13-1-5-16(6-2-13)19-11-21;20-11-18-15-5-1-13(2-6-15)17(9-10-17)14-3-7-16(8-4-14)19-12-21;17-15(18,11-1-5-13(6-2-11)21-9-23)16(19,20)12-3-7-14(8-4-12)22-10-24;19-11-17-15-7-3-13(4-8-15)1-2-14-5-9-16(10-6-14)18-12-20/h6-13,16,21H,1-5H2;3-4,7-10,12-13H,1-2,5-6,11H2;1-9H;1-8H,9-10H2;1-8H;3-10H/b;;15-9+;;;. The van der Waals surface area contributed by atoms with Crippen molar-refractivity contribution in [2.45, 2.75) is 87.4 Å². The molecular weight excluding hydrogens is 1750 g/mol. The number of rotatable bonds is 28. The predicted molar refractivity (Wildman–Crippen MR) is 507 cm³/mol. The molecular formula is C108H75F4N13O12. The Morgan fingerprint density at radius 1 is 0.350 bits per heavy atom. The highest BCUT2D eigenvalue weighted by Gasteiger charge is 2.58. The van der Waals surface area contributed by atoms with Crippen molar-refractivity contribution in [2.75, 3.05) is 0 Å². The third-order valence-electron chi connectivity index (χ3n) is 21.1. The number of nitrogens with zero attached hydrogens (tertiary/aromatic N) is 13. The summed E-state index contributed by atoms with van der Waals surface area (Å²) in [7, 11) is 0. The first kappa shape index (κ1) is 102. The van der Waals surface area contributed by atoms with Gasteiger partial charge in [-0.15, -0.1) is 13.2 Å². The lowest BCUT2D eigenvalue weighted by Gasteiger charge is -2.31. The van der Waals surface area contributed by atoms with Crippen LogP contribution in [0.1, 0.15) is 129 Å². The second kappa shape index (κ2) is 53.4. The van der Waals surface area contributed by atoms with Gasteiger partial charge in [0, 0.05) is 33.6 Å². The van der Waals surface area contributed by atoms with E-state index in [9.17, 15) is 80.4 Å². The SMILES string of the molecule is C=CCc1cc(Cc2ccc(N=C=O)cc2)cc(CC=C)c1N=C=O.N#C/C(=C\c1ccc(N=C=O)cc1)c1ccc(N=C=O)cc1.O=C=Nc1ccc(C#Cc2ccc(N=C=O)cc2)cc1.O=C=Nc1ccc(C(F)(F)C(F)(F)c2ccc(N=C=O)cc2)cc1.O=C=Nc1ccc(C(c2ccc(N=C=O)cc2)C2CCCCC2)cc1.O=C=Nc1ccc(C2(c3ccc(N=C=O)cc3)CC2)cc1. The lowest BCUT2D eigenvalue weighted by atomic mass is 9.73. The number of alkyl halides is 4. The van der Waals surface area contributed by atoms with Gasteiger partial charge in [0.2, 0.25) is 73.0 Å². The van der Waals surface area contributed by atoms with Gasteiger partial charge in [0.1, 0.15) is 0 Å². The molecule has 25 nitrogen and oxygen atoms in total. The van der Waals surface area contributed by atoms with Crippen LogP contribution in [0.2, 0.25) is 0 Å². The molecule has 0 heterocycles. The van der Waals surface area contributed by atoms with E-state index in [0.717, 1.165) is 100 Å². The van der Waals surface area contributed by atoms with E-state index in [-0.39, 0.29) is 16.8 Å². The molecule has 0 aromatic heterocycles. The van der Waals surface area contributed by atoms with Crippen molar-refractivity contribution in [1.29, 1.82) is 5.26 Å². The van der Waals surface area contributed by atoms with Gasteiger partial charge in [-0.1, -0.05) is 165 Å². The Morgan fingerprint density at radius 2 is 0.628 bits per heavy atom. The summed E-state index contributed by atoms with van der Waals surface area (Å²) >= 11 is 0. The molecule has 2 fully saturated rings. The van der Waals surface area contributed by atoms with E-state index >= 15 is 0 Å². The van der Waals surface area contributed by atoms with Crippen LogP contribution in [0.4, 0.5) is 85.8 Å². The molecule has 2 saturated carbocycles. The lowest BCUT2D eigenvalue weighted by molar-refractivity contribution is -0.223. The highest BCUT2D eigenvalue weighted by atomic mass is 19.3. The van der Waals surface area contributed by atoms with Crippen molar-refractivity contribution < 1.29 is 75.1 Å². The van der Waals surface area contributed by atoms with Crippen LogP contribution in [0, 0.1) is 29.1 Å². The van der Waals surface area contributed by atoms with Crippen LogP contribution in [0.15, 0.2) is 364 Å². The summed E-state index contributed by atoms with van der Waals surface area (Å²) in [6.07, 6.45) is 33.4. The lowest BCUT2D eigenvalue weighted by Crippen LogP contribution is -2.35. The molecule has 14 rings (SSSR count). The van der Waals surface area contributed by atoms with Crippen LogP contribution >= 0.6 is 0 Å². The fraction of sp³-hybridized carbons (Fsp3) is 0.139. The average molecular weight is 1820 g/mol. The summed E-state index contributed by atoms with van der Waals surface area (Å²) in [6.45, 7) is 7.54. The zero-order chi connectivity index (χ0) is 98.1. The molecule has 0 atom stereocenters. The molecule has 2 aliphatic rings. The number of benzene rings is 12. The van der Waals surface area contributed by atoms with E-state index in [1.165, 1.54) is 96.9 Å². The fourth-order valence-corrected chi connectivity index (χ4v) is 14.5. The molecule has 0 unspecified atom stereocenters. The van der Waals surface area contributed by atoms with E-state index in [2.05, 4.69) is 91.0 Å². The van der Waals surface area contributed by atoms with E-state index < -0.39 is 23.0 Å². The van der Waals surface area contributed by atoms with Crippen molar-refractivity contribution in [3.05, 3.63) is 382 Å². The summed E-state index contributed by atoms with van der Waals surface area (Å²) in [6, 6.07) is 78.9. The summed E-state index contributed by atoms with van der Waals surface area (Å²) < 4.78 is 57.0. The van der Waals surface area contributed by atoms with Crippen LogP contribution in [-0.4, -0.2) is 73.0 Å². The first-order valence-electron chi connectivity index (χ1n) is 41.5. The van der Waals surface area contributed by atoms with Crippen LogP contribution in [0.25, 0.3) is 11.6 Å². The number of isocyanates is 12. The number of hydrogen-bond acceptors (Lipinski definition) is 25. The number of halogens is 4. The van der Waals surface area contributed by atoms with Crippen molar-refractivity contribution in [3.8, 4) is 17.9 Å².